The van der Waals surface area contributed by atoms with E-state index in [2.05, 4.69) is 41.1 Å². The van der Waals surface area contributed by atoms with Gasteiger partial charge in [0.25, 0.3) is 0 Å². The molecule has 3 rings (SSSR count). The number of nitrogens with two attached hydrogens (primary N) is 1. The fourth-order valence-electron chi connectivity index (χ4n) is 2.57. The van der Waals surface area contributed by atoms with E-state index in [0.29, 0.717) is 11.0 Å². The highest BCUT2D eigenvalue weighted by Crippen LogP contribution is 2.35. The number of fused-ring (bicyclic) bond motifs is 1. The average Bonchev–Trinajstić information content (AvgIpc) is 2.79. The summed E-state index contributed by atoms with van der Waals surface area (Å²) in [6.45, 7) is 4.33. The number of hydrogen-bond acceptors (Lipinski definition) is 4. The molecule has 1 aromatic heterocycles. The lowest BCUT2D eigenvalue weighted by molar-refractivity contribution is 0.611. The number of rotatable bonds is 2. The van der Waals surface area contributed by atoms with Gasteiger partial charge in [0.2, 0.25) is 0 Å². The quantitative estimate of drug-likeness (QED) is 0.919. The van der Waals surface area contributed by atoms with E-state index in [1.54, 1.807) is 11.3 Å². The van der Waals surface area contributed by atoms with E-state index in [1.165, 1.54) is 22.5 Å². The number of nitrogen functional groups attached to an aromatic ring is 1. The van der Waals surface area contributed by atoms with Crippen LogP contribution in [0.1, 0.15) is 29.7 Å². The molecule has 0 aliphatic carbocycles. The van der Waals surface area contributed by atoms with Gasteiger partial charge in [-0.15, -0.1) is 23.7 Å². The molecule has 2 aromatic rings. The molecular formula is C14H18ClN3S. The molecule has 2 N–H and O–H groups in total. The van der Waals surface area contributed by atoms with E-state index in [4.69, 9.17) is 5.73 Å². The maximum absolute atomic E-state index is 5.69. The van der Waals surface area contributed by atoms with Gasteiger partial charge in [0, 0.05) is 23.3 Å². The molecule has 1 aliphatic rings. The molecule has 1 unspecified atom stereocenters. The van der Waals surface area contributed by atoms with E-state index in [-0.39, 0.29) is 12.4 Å². The van der Waals surface area contributed by atoms with Gasteiger partial charge < -0.3 is 10.6 Å². The van der Waals surface area contributed by atoms with Crippen LogP contribution in [-0.2, 0) is 6.54 Å². The third-order valence-electron chi connectivity index (χ3n) is 3.56. The van der Waals surface area contributed by atoms with Crippen molar-refractivity contribution in [3.05, 3.63) is 40.9 Å². The molecule has 0 spiro atoms. The average molecular weight is 296 g/mol. The van der Waals surface area contributed by atoms with Crippen LogP contribution in [0.15, 0.2) is 30.5 Å². The Morgan fingerprint density at radius 2 is 2.21 bits per heavy atom. The van der Waals surface area contributed by atoms with Crippen molar-refractivity contribution in [2.75, 3.05) is 17.2 Å². The lowest BCUT2D eigenvalue weighted by atomic mass is 9.91. The van der Waals surface area contributed by atoms with E-state index in [1.807, 2.05) is 6.20 Å². The summed E-state index contributed by atoms with van der Waals surface area (Å²) in [7, 11) is 0. The normalized spacial score (nSPS) is 17.7. The molecule has 0 radical (unpaired) electrons. The Hall–Kier alpha value is -1.26. The second-order valence-corrected chi connectivity index (χ2v) is 5.98. The molecule has 2 heterocycles. The maximum atomic E-state index is 5.69. The van der Waals surface area contributed by atoms with Crippen LogP contribution >= 0.6 is 23.7 Å². The molecule has 1 aliphatic heterocycles. The van der Waals surface area contributed by atoms with Crippen molar-refractivity contribution < 1.29 is 0 Å². The first-order valence-corrected chi connectivity index (χ1v) is 7.10. The first-order chi connectivity index (χ1) is 8.74. The zero-order valence-corrected chi connectivity index (χ0v) is 12.5. The highest BCUT2D eigenvalue weighted by Gasteiger charge is 2.21. The van der Waals surface area contributed by atoms with Gasteiger partial charge in [-0.2, -0.15) is 0 Å². The van der Waals surface area contributed by atoms with E-state index >= 15 is 0 Å². The number of benzene rings is 1. The summed E-state index contributed by atoms with van der Waals surface area (Å²) in [6, 6.07) is 8.71. The highest BCUT2D eigenvalue weighted by molar-refractivity contribution is 7.15. The predicted octanol–water partition coefficient (Wildman–Crippen LogP) is 3.66. The Bertz CT molecular complexity index is 555. The molecule has 0 bridgehead atoms. The van der Waals surface area contributed by atoms with Crippen LogP contribution in [0.5, 0.6) is 0 Å². The first kappa shape index (κ1) is 14.2. The molecular weight excluding hydrogens is 278 g/mol. The first-order valence-electron chi connectivity index (χ1n) is 6.28. The van der Waals surface area contributed by atoms with E-state index in [9.17, 15) is 0 Å². The fraction of sp³-hybridized carbons (Fsp3) is 0.357. The highest BCUT2D eigenvalue weighted by atomic mass is 35.5. The van der Waals surface area contributed by atoms with E-state index in [0.717, 1.165) is 13.1 Å². The Balaban J connectivity index is 0.00000133. The Labute approximate surface area is 123 Å². The van der Waals surface area contributed by atoms with Crippen molar-refractivity contribution in [2.45, 2.75) is 25.8 Å². The summed E-state index contributed by atoms with van der Waals surface area (Å²) in [5.41, 5.74) is 8.51. The molecule has 0 saturated carbocycles. The molecule has 1 aromatic carbocycles. The minimum Gasteiger partial charge on any atom is -0.375 e. The van der Waals surface area contributed by atoms with Crippen LogP contribution in [0.2, 0.25) is 0 Å². The van der Waals surface area contributed by atoms with Crippen molar-refractivity contribution in [3.63, 3.8) is 0 Å². The second-order valence-electron chi connectivity index (χ2n) is 4.83. The van der Waals surface area contributed by atoms with Crippen molar-refractivity contribution in [1.82, 2.24) is 4.98 Å². The molecule has 19 heavy (non-hydrogen) atoms. The smallest absolute Gasteiger partial charge is 0.180 e. The van der Waals surface area contributed by atoms with Crippen molar-refractivity contribution in [1.29, 1.82) is 0 Å². The van der Waals surface area contributed by atoms with Crippen LogP contribution < -0.4 is 10.6 Å². The fourth-order valence-corrected chi connectivity index (χ4v) is 3.27. The van der Waals surface area contributed by atoms with Gasteiger partial charge in [0.05, 0.1) is 6.54 Å². The summed E-state index contributed by atoms with van der Waals surface area (Å²) < 4.78 is 0. The third kappa shape index (κ3) is 2.85. The molecule has 3 nitrogen and oxygen atoms in total. The zero-order valence-electron chi connectivity index (χ0n) is 10.9. The Morgan fingerprint density at radius 1 is 1.42 bits per heavy atom. The van der Waals surface area contributed by atoms with Crippen LogP contribution in [-0.4, -0.2) is 11.5 Å². The van der Waals surface area contributed by atoms with Crippen molar-refractivity contribution in [2.24, 2.45) is 0 Å². The number of halogens is 1. The van der Waals surface area contributed by atoms with E-state index < -0.39 is 0 Å². The molecule has 0 saturated heterocycles. The van der Waals surface area contributed by atoms with Gasteiger partial charge in [0.1, 0.15) is 0 Å². The van der Waals surface area contributed by atoms with Crippen LogP contribution in [0.25, 0.3) is 0 Å². The van der Waals surface area contributed by atoms with Gasteiger partial charge in [0.15, 0.2) is 5.13 Å². The topological polar surface area (TPSA) is 42.2 Å². The van der Waals surface area contributed by atoms with Gasteiger partial charge in [-0.25, -0.2) is 4.98 Å². The van der Waals surface area contributed by atoms with Gasteiger partial charge in [-0.05, 0) is 24.0 Å². The van der Waals surface area contributed by atoms with Gasteiger partial charge in [-0.1, -0.05) is 25.1 Å². The van der Waals surface area contributed by atoms with Gasteiger partial charge >= 0.3 is 0 Å². The van der Waals surface area contributed by atoms with Crippen LogP contribution in [0.3, 0.4) is 0 Å². The number of para-hydroxylation sites is 1. The lowest BCUT2D eigenvalue weighted by Gasteiger charge is -2.34. The summed E-state index contributed by atoms with van der Waals surface area (Å²) in [5.74, 6) is 0.656. The molecule has 102 valence electrons. The Kier molecular flexibility index (Phi) is 4.32. The predicted molar refractivity (Wildman–Crippen MR) is 84.3 cm³/mol. The van der Waals surface area contributed by atoms with Gasteiger partial charge in [-0.3, -0.25) is 0 Å². The summed E-state index contributed by atoms with van der Waals surface area (Å²) >= 11 is 1.58. The SMILES string of the molecule is CC1CCN(Cc2cnc(N)s2)c2ccccc21.Cl. The second kappa shape index (κ2) is 5.80. The standard InChI is InChI=1S/C14H17N3S.ClH/c1-10-6-7-17(9-11-8-16-14(15)18-11)13-5-3-2-4-12(10)13;/h2-5,8,10H,6-7,9H2,1H3,(H2,15,16);1H. The number of hydrogen-bond donors (Lipinski definition) is 1. The Morgan fingerprint density at radius 3 is 2.95 bits per heavy atom. The molecule has 1 atom stereocenters. The largest absolute Gasteiger partial charge is 0.375 e. The van der Waals surface area contributed by atoms with Crippen LogP contribution in [0, 0.1) is 0 Å². The van der Waals surface area contributed by atoms with Crippen molar-refractivity contribution in [3.8, 4) is 0 Å². The summed E-state index contributed by atoms with van der Waals surface area (Å²) in [5, 5.41) is 0.656. The monoisotopic (exact) mass is 295 g/mol. The number of anilines is 2. The molecule has 5 heteroatoms. The zero-order chi connectivity index (χ0) is 12.5. The minimum absolute atomic E-state index is 0. The molecule has 0 fully saturated rings. The van der Waals surface area contributed by atoms with Crippen LogP contribution in [0.4, 0.5) is 10.8 Å². The number of aromatic nitrogens is 1. The number of thiazole rings is 1. The summed E-state index contributed by atoms with van der Waals surface area (Å²) in [4.78, 5) is 7.79. The molecule has 0 amide bonds. The third-order valence-corrected chi connectivity index (χ3v) is 4.37. The lowest BCUT2D eigenvalue weighted by Crippen LogP contribution is -2.29. The van der Waals surface area contributed by atoms with Crippen molar-refractivity contribution >= 4 is 34.6 Å². The minimum atomic E-state index is 0. The summed E-state index contributed by atoms with van der Waals surface area (Å²) in [6.07, 6.45) is 3.10. The number of nitrogens with zero attached hydrogens (tertiary/aromatic N) is 2. The maximum Gasteiger partial charge on any atom is 0.180 e.